The van der Waals surface area contributed by atoms with E-state index < -0.39 is 0 Å². The molecular formula is C22H20N2. The molecule has 0 amide bonds. The summed E-state index contributed by atoms with van der Waals surface area (Å²) in [4.78, 5) is 4.26. The predicted octanol–water partition coefficient (Wildman–Crippen LogP) is 5.18. The second kappa shape index (κ2) is 4.94. The predicted molar refractivity (Wildman–Crippen MR) is 101 cm³/mol. The number of hydrogen-bond donors (Lipinski definition) is 1. The van der Waals surface area contributed by atoms with E-state index in [4.69, 9.17) is 5.73 Å². The van der Waals surface area contributed by atoms with Gasteiger partial charge in [0.1, 0.15) is 5.82 Å². The number of anilines is 1. The van der Waals surface area contributed by atoms with Crippen molar-refractivity contribution in [2.24, 2.45) is 0 Å². The van der Waals surface area contributed by atoms with Crippen molar-refractivity contribution in [1.82, 2.24) is 4.98 Å². The van der Waals surface area contributed by atoms with Crippen LogP contribution in [0.4, 0.5) is 5.82 Å². The second-order valence-corrected chi connectivity index (χ2v) is 7.07. The lowest BCUT2D eigenvalue weighted by Crippen LogP contribution is -2.21. The Labute approximate surface area is 142 Å². The van der Waals surface area contributed by atoms with Crippen molar-refractivity contribution in [2.45, 2.75) is 31.1 Å². The average molecular weight is 312 g/mol. The van der Waals surface area contributed by atoms with E-state index in [0.717, 1.165) is 10.8 Å². The number of hydrogen-bond acceptors (Lipinski definition) is 2. The standard InChI is InChI=1S/C22H20N2/c23-21-18-13-17(8-7-15(18)9-12-24-21)20-14-16-5-1-2-6-19(16)22(20)10-3-4-11-22/h1-2,5-9,12-14H,3-4,10-11H2,(H2,23,24). The third kappa shape index (κ3) is 1.80. The Morgan fingerprint density at radius 1 is 0.958 bits per heavy atom. The van der Waals surface area contributed by atoms with Gasteiger partial charge >= 0.3 is 0 Å². The molecule has 0 bridgehead atoms. The highest BCUT2D eigenvalue weighted by molar-refractivity contribution is 5.99. The molecule has 2 aliphatic carbocycles. The Hall–Kier alpha value is -2.61. The first-order valence-electron chi connectivity index (χ1n) is 8.74. The van der Waals surface area contributed by atoms with Crippen LogP contribution in [-0.4, -0.2) is 4.98 Å². The van der Waals surface area contributed by atoms with Crippen LogP contribution in [0.25, 0.3) is 22.4 Å². The minimum atomic E-state index is 0.196. The first-order chi connectivity index (χ1) is 11.8. The summed E-state index contributed by atoms with van der Waals surface area (Å²) in [5.74, 6) is 0.617. The first-order valence-corrected chi connectivity index (χ1v) is 8.74. The van der Waals surface area contributed by atoms with E-state index in [1.807, 2.05) is 6.07 Å². The van der Waals surface area contributed by atoms with Crippen LogP contribution < -0.4 is 5.73 Å². The van der Waals surface area contributed by atoms with Gasteiger partial charge in [-0.3, -0.25) is 0 Å². The van der Waals surface area contributed by atoms with E-state index in [1.165, 1.54) is 47.9 Å². The van der Waals surface area contributed by atoms with Gasteiger partial charge in [0.2, 0.25) is 0 Å². The van der Waals surface area contributed by atoms with Crippen LogP contribution in [-0.2, 0) is 5.41 Å². The molecule has 1 spiro atoms. The van der Waals surface area contributed by atoms with E-state index in [2.05, 4.69) is 53.5 Å². The minimum absolute atomic E-state index is 0.196. The van der Waals surface area contributed by atoms with Crippen molar-refractivity contribution in [3.8, 4) is 0 Å². The van der Waals surface area contributed by atoms with E-state index >= 15 is 0 Å². The van der Waals surface area contributed by atoms with Gasteiger partial charge < -0.3 is 5.73 Å². The molecule has 118 valence electrons. The summed E-state index contributed by atoms with van der Waals surface area (Å²) in [6.07, 6.45) is 9.29. The maximum atomic E-state index is 6.12. The zero-order valence-electron chi connectivity index (χ0n) is 13.6. The van der Waals surface area contributed by atoms with Gasteiger partial charge in [0, 0.05) is 17.0 Å². The number of rotatable bonds is 1. The van der Waals surface area contributed by atoms with Gasteiger partial charge in [-0.2, -0.15) is 0 Å². The summed E-state index contributed by atoms with van der Waals surface area (Å²) in [6.45, 7) is 0. The van der Waals surface area contributed by atoms with Crippen molar-refractivity contribution < 1.29 is 0 Å². The summed E-state index contributed by atoms with van der Waals surface area (Å²) in [5.41, 5.74) is 12.0. The van der Waals surface area contributed by atoms with Gasteiger partial charge in [-0.1, -0.05) is 49.2 Å². The zero-order chi connectivity index (χ0) is 16.1. The molecule has 2 aromatic carbocycles. The molecule has 2 N–H and O–H groups in total. The third-order valence-corrected chi connectivity index (χ3v) is 5.86. The molecule has 3 aromatic rings. The topological polar surface area (TPSA) is 38.9 Å². The lowest BCUT2D eigenvalue weighted by atomic mass is 9.73. The highest BCUT2D eigenvalue weighted by atomic mass is 14.8. The lowest BCUT2D eigenvalue weighted by Gasteiger charge is -2.29. The number of nitrogens with two attached hydrogens (primary N) is 1. The Kier molecular flexibility index (Phi) is 2.84. The van der Waals surface area contributed by atoms with Crippen LogP contribution in [0.2, 0.25) is 0 Å². The van der Waals surface area contributed by atoms with Gasteiger partial charge in [0.25, 0.3) is 0 Å². The van der Waals surface area contributed by atoms with Crippen LogP contribution >= 0.6 is 0 Å². The van der Waals surface area contributed by atoms with E-state index in [-0.39, 0.29) is 5.41 Å². The Morgan fingerprint density at radius 3 is 2.67 bits per heavy atom. The minimum Gasteiger partial charge on any atom is -0.383 e. The monoisotopic (exact) mass is 312 g/mol. The molecule has 24 heavy (non-hydrogen) atoms. The number of benzene rings is 2. The molecule has 1 fully saturated rings. The maximum Gasteiger partial charge on any atom is 0.131 e. The Bertz CT molecular complexity index is 978. The normalized spacial score (nSPS) is 18.1. The molecule has 2 heteroatoms. The summed E-state index contributed by atoms with van der Waals surface area (Å²) in [7, 11) is 0. The molecule has 1 heterocycles. The number of aromatic nitrogens is 1. The Morgan fingerprint density at radius 2 is 1.79 bits per heavy atom. The molecule has 0 radical (unpaired) electrons. The number of nitrogen functional groups attached to an aromatic ring is 1. The van der Waals surface area contributed by atoms with Gasteiger partial charge in [-0.25, -0.2) is 4.98 Å². The van der Waals surface area contributed by atoms with Gasteiger partial charge in [0.05, 0.1) is 0 Å². The maximum absolute atomic E-state index is 6.12. The second-order valence-electron chi connectivity index (χ2n) is 7.07. The van der Waals surface area contributed by atoms with Crippen LogP contribution in [0.3, 0.4) is 0 Å². The average Bonchev–Trinajstić information content (AvgIpc) is 3.22. The highest BCUT2D eigenvalue weighted by Crippen LogP contribution is 2.56. The third-order valence-electron chi connectivity index (χ3n) is 5.86. The first kappa shape index (κ1) is 13.8. The molecule has 5 rings (SSSR count). The quantitative estimate of drug-likeness (QED) is 0.672. The molecule has 0 saturated heterocycles. The fourth-order valence-corrected chi connectivity index (χ4v) is 4.73. The molecule has 2 aliphatic rings. The molecule has 1 saturated carbocycles. The molecule has 2 nitrogen and oxygen atoms in total. The molecule has 0 atom stereocenters. The number of allylic oxidation sites excluding steroid dienone is 1. The van der Waals surface area contributed by atoms with Crippen molar-refractivity contribution in [3.63, 3.8) is 0 Å². The van der Waals surface area contributed by atoms with Crippen molar-refractivity contribution in [2.75, 3.05) is 5.73 Å². The van der Waals surface area contributed by atoms with Crippen molar-refractivity contribution in [1.29, 1.82) is 0 Å². The van der Waals surface area contributed by atoms with E-state index in [9.17, 15) is 0 Å². The fourth-order valence-electron chi connectivity index (χ4n) is 4.73. The smallest absolute Gasteiger partial charge is 0.131 e. The number of nitrogens with zero attached hydrogens (tertiary/aromatic N) is 1. The van der Waals surface area contributed by atoms with E-state index in [1.54, 1.807) is 6.20 Å². The summed E-state index contributed by atoms with van der Waals surface area (Å²) in [6, 6.07) is 17.6. The lowest BCUT2D eigenvalue weighted by molar-refractivity contribution is 0.586. The zero-order valence-corrected chi connectivity index (χ0v) is 13.6. The van der Waals surface area contributed by atoms with Gasteiger partial charge in [0.15, 0.2) is 0 Å². The molecule has 1 aromatic heterocycles. The molecular weight excluding hydrogens is 292 g/mol. The van der Waals surface area contributed by atoms with Gasteiger partial charge in [-0.15, -0.1) is 0 Å². The number of fused-ring (bicyclic) bond motifs is 3. The van der Waals surface area contributed by atoms with Crippen LogP contribution in [0.1, 0.15) is 42.4 Å². The Balaban J connectivity index is 1.73. The summed E-state index contributed by atoms with van der Waals surface area (Å²) in [5, 5.41) is 2.21. The van der Waals surface area contributed by atoms with Crippen molar-refractivity contribution >= 4 is 28.2 Å². The SMILES string of the molecule is Nc1nccc2ccc(C3=Cc4ccccc4C34CCCC4)cc12. The number of pyridine rings is 1. The summed E-state index contributed by atoms with van der Waals surface area (Å²) < 4.78 is 0. The highest BCUT2D eigenvalue weighted by Gasteiger charge is 2.43. The molecule has 0 aliphatic heterocycles. The van der Waals surface area contributed by atoms with Crippen LogP contribution in [0.15, 0.2) is 54.7 Å². The fraction of sp³-hybridized carbons (Fsp3) is 0.227. The van der Waals surface area contributed by atoms with Crippen LogP contribution in [0, 0.1) is 0 Å². The van der Waals surface area contributed by atoms with Crippen molar-refractivity contribution in [3.05, 3.63) is 71.4 Å². The summed E-state index contributed by atoms with van der Waals surface area (Å²) >= 11 is 0. The molecule has 0 unspecified atom stereocenters. The van der Waals surface area contributed by atoms with E-state index in [0.29, 0.717) is 5.82 Å². The largest absolute Gasteiger partial charge is 0.383 e. The van der Waals surface area contributed by atoms with Crippen LogP contribution in [0.5, 0.6) is 0 Å². The van der Waals surface area contributed by atoms with Gasteiger partial charge in [-0.05, 0) is 58.7 Å².